The predicted molar refractivity (Wildman–Crippen MR) is 103 cm³/mol. The Bertz CT molecular complexity index is 778. The van der Waals surface area contributed by atoms with E-state index in [1.165, 1.54) is 4.90 Å². The molecular weight excluding hydrogens is 384 g/mol. The summed E-state index contributed by atoms with van der Waals surface area (Å²) in [5.41, 5.74) is 8.11. The van der Waals surface area contributed by atoms with E-state index in [4.69, 9.17) is 10.5 Å². The zero-order chi connectivity index (χ0) is 18.6. The van der Waals surface area contributed by atoms with Crippen molar-refractivity contribution in [2.24, 2.45) is 0 Å². The zero-order valence-corrected chi connectivity index (χ0v) is 16.6. The molecule has 0 saturated carbocycles. The maximum atomic E-state index is 12.6. The normalized spacial score (nSPS) is 10.6. The van der Waals surface area contributed by atoms with Crippen LogP contribution in [0.2, 0.25) is 0 Å². The van der Waals surface area contributed by atoms with Crippen molar-refractivity contribution in [1.29, 1.82) is 0 Å². The van der Waals surface area contributed by atoms with Crippen LogP contribution in [-0.4, -0.2) is 41.5 Å². The molecule has 1 amide bonds. The number of hydrogen-bond acceptors (Lipinski definition) is 5. The smallest absolute Gasteiger partial charge is 0.257 e. The molecule has 0 aliphatic heterocycles. The van der Waals surface area contributed by atoms with Gasteiger partial charge in [-0.15, -0.1) is 0 Å². The zero-order valence-electron chi connectivity index (χ0n) is 15.0. The molecule has 0 fully saturated rings. The number of carbonyl (C=O) groups is 1. The highest BCUT2D eigenvalue weighted by Gasteiger charge is 2.21. The van der Waals surface area contributed by atoms with Gasteiger partial charge in [0.15, 0.2) is 0 Å². The number of carbonyl (C=O) groups excluding carboxylic acids is 1. The molecule has 0 aliphatic carbocycles. The Kier molecular flexibility index (Phi) is 6.36. The number of nitrogens with zero attached hydrogens (tertiary/aromatic N) is 3. The summed E-state index contributed by atoms with van der Waals surface area (Å²) in [5, 5.41) is 0. The molecule has 0 atom stereocenters. The van der Waals surface area contributed by atoms with Crippen molar-refractivity contribution in [3.63, 3.8) is 0 Å². The van der Waals surface area contributed by atoms with Crippen LogP contribution in [0.5, 0.6) is 5.75 Å². The summed E-state index contributed by atoms with van der Waals surface area (Å²) in [7, 11) is 3.39. The number of rotatable bonds is 6. The molecule has 0 bridgehead atoms. The number of nitrogen functional groups attached to an aromatic ring is 1. The van der Waals surface area contributed by atoms with Gasteiger partial charge in [-0.25, -0.2) is 9.97 Å². The van der Waals surface area contributed by atoms with E-state index in [0.29, 0.717) is 23.6 Å². The van der Waals surface area contributed by atoms with Crippen LogP contribution >= 0.6 is 15.9 Å². The largest absolute Gasteiger partial charge is 0.492 e. The number of aryl methyl sites for hydroxylation is 1. The van der Waals surface area contributed by atoms with E-state index in [1.54, 1.807) is 21.0 Å². The number of aromatic nitrogens is 2. The molecule has 0 aliphatic rings. The average molecular weight is 407 g/mol. The monoisotopic (exact) mass is 406 g/mol. The van der Waals surface area contributed by atoms with Gasteiger partial charge in [0.25, 0.3) is 5.91 Å². The first-order valence-corrected chi connectivity index (χ1v) is 8.93. The highest BCUT2D eigenvalue weighted by atomic mass is 79.9. The van der Waals surface area contributed by atoms with Crippen LogP contribution in [0.3, 0.4) is 0 Å². The summed E-state index contributed by atoms with van der Waals surface area (Å²) in [6, 6.07) is 5.63. The lowest BCUT2D eigenvalue weighted by Gasteiger charge is -2.16. The Balaban J connectivity index is 2.47. The van der Waals surface area contributed by atoms with Gasteiger partial charge < -0.3 is 15.4 Å². The minimum Gasteiger partial charge on any atom is -0.492 e. The number of benzene rings is 1. The molecule has 6 nitrogen and oxygen atoms in total. The second-order valence-corrected chi connectivity index (χ2v) is 6.79. The third-order valence-corrected chi connectivity index (χ3v) is 4.31. The second-order valence-electron chi connectivity index (χ2n) is 5.94. The van der Waals surface area contributed by atoms with Crippen molar-refractivity contribution in [1.82, 2.24) is 14.9 Å². The first kappa shape index (κ1) is 19.2. The predicted octanol–water partition coefficient (Wildman–Crippen LogP) is 3.68. The minimum absolute atomic E-state index is 0.141. The van der Waals surface area contributed by atoms with Gasteiger partial charge in [0.2, 0.25) is 5.95 Å². The minimum atomic E-state index is -0.160. The molecule has 0 spiro atoms. The van der Waals surface area contributed by atoms with E-state index in [-0.39, 0.29) is 11.9 Å². The lowest BCUT2D eigenvalue weighted by atomic mass is 10.0. The summed E-state index contributed by atoms with van der Waals surface area (Å²) >= 11 is 3.53. The first-order chi connectivity index (χ1) is 11.8. The SMILES string of the molecule is CCCCOc1ccc(-c2nc(N)nc(C)c2C(=O)N(C)C)cc1Br. The van der Waals surface area contributed by atoms with E-state index in [2.05, 4.69) is 32.8 Å². The highest BCUT2D eigenvalue weighted by molar-refractivity contribution is 9.10. The molecule has 1 aromatic heterocycles. The van der Waals surface area contributed by atoms with Gasteiger partial charge in [0, 0.05) is 19.7 Å². The molecule has 25 heavy (non-hydrogen) atoms. The summed E-state index contributed by atoms with van der Waals surface area (Å²) in [6.45, 7) is 4.54. The Morgan fingerprint density at radius 1 is 1.32 bits per heavy atom. The Labute approximate surface area is 156 Å². The van der Waals surface area contributed by atoms with Crippen molar-refractivity contribution >= 4 is 27.8 Å². The van der Waals surface area contributed by atoms with Crippen LogP contribution in [-0.2, 0) is 0 Å². The topological polar surface area (TPSA) is 81.3 Å². The van der Waals surface area contributed by atoms with E-state index in [1.807, 2.05) is 18.2 Å². The standard InChI is InChI=1S/C18H23BrN4O2/c1-5-6-9-25-14-8-7-12(10-13(14)19)16-15(17(24)23(3)4)11(2)21-18(20)22-16/h7-8,10H,5-6,9H2,1-4H3,(H2,20,21,22). The van der Waals surface area contributed by atoms with Crippen LogP contribution in [0.4, 0.5) is 5.95 Å². The Morgan fingerprint density at radius 2 is 2.04 bits per heavy atom. The number of hydrogen-bond donors (Lipinski definition) is 1. The maximum absolute atomic E-state index is 12.6. The fraction of sp³-hybridized carbons (Fsp3) is 0.389. The molecule has 2 rings (SSSR count). The molecule has 0 radical (unpaired) electrons. The number of anilines is 1. The van der Waals surface area contributed by atoms with Gasteiger partial charge >= 0.3 is 0 Å². The lowest BCUT2D eigenvalue weighted by Crippen LogP contribution is -2.24. The van der Waals surface area contributed by atoms with Gasteiger partial charge in [0.05, 0.1) is 28.0 Å². The fourth-order valence-corrected chi connectivity index (χ4v) is 2.87. The first-order valence-electron chi connectivity index (χ1n) is 8.13. The van der Waals surface area contributed by atoms with Gasteiger partial charge in [-0.1, -0.05) is 13.3 Å². The van der Waals surface area contributed by atoms with E-state index in [9.17, 15) is 4.79 Å². The summed E-state index contributed by atoms with van der Waals surface area (Å²) < 4.78 is 6.56. The second kappa shape index (κ2) is 8.29. The van der Waals surface area contributed by atoms with Crippen molar-refractivity contribution in [3.05, 3.63) is 33.9 Å². The van der Waals surface area contributed by atoms with E-state index < -0.39 is 0 Å². The average Bonchev–Trinajstić information content (AvgIpc) is 2.55. The Morgan fingerprint density at radius 3 is 2.64 bits per heavy atom. The molecule has 7 heteroatoms. The number of unbranched alkanes of at least 4 members (excludes halogenated alkanes) is 1. The number of ether oxygens (including phenoxy) is 1. The van der Waals surface area contributed by atoms with Gasteiger partial charge in [0.1, 0.15) is 5.75 Å². The fourth-order valence-electron chi connectivity index (χ4n) is 2.37. The van der Waals surface area contributed by atoms with Crippen LogP contribution in [0.25, 0.3) is 11.3 Å². The van der Waals surface area contributed by atoms with Gasteiger partial charge in [-0.05, 0) is 47.5 Å². The molecule has 2 N–H and O–H groups in total. The number of amides is 1. The van der Waals surface area contributed by atoms with E-state index in [0.717, 1.165) is 28.6 Å². The number of halogens is 1. The summed E-state index contributed by atoms with van der Waals surface area (Å²) in [4.78, 5) is 22.5. The third-order valence-electron chi connectivity index (χ3n) is 3.69. The summed E-state index contributed by atoms with van der Waals surface area (Å²) in [5.74, 6) is 0.741. The van der Waals surface area contributed by atoms with Crippen LogP contribution in [0.15, 0.2) is 22.7 Å². The van der Waals surface area contributed by atoms with Gasteiger partial charge in [-0.2, -0.15) is 0 Å². The van der Waals surface area contributed by atoms with Crippen molar-refractivity contribution < 1.29 is 9.53 Å². The molecule has 1 heterocycles. The molecule has 2 aromatic rings. The third kappa shape index (κ3) is 4.48. The molecule has 0 saturated heterocycles. The molecular formula is C18H23BrN4O2. The molecule has 1 aromatic carbocycles. The lowest BCUT2D eigenvalue weighted by molar-refractivity contribution is 0.0827. The van der Waals surface area contributed by atoms with Crippen LogP contribution < -0.4 is 10.5 Å². The molecule has 0 unspecified atom stereocenters. The quantitative estimate of drug-likeness (QED) is 0.739. The Hall–Kier alpha value is -2.15. The van der Waals surface area contributed by atoms with Crippen LogP contribution in [0, 0.1) is 6.92 Å². The number of nitrogens with two attached hydrogens (primary N) is 1. The maximum Gasteiger partial charge on any atom is 0.257 e. The van der Waals surface area contributed by atoms with E-state index >= 15 is 0 Å². The van der Waals surface area contributed by atoms with Crippen molar-refractivity contribution in [2.45, 2.75) is 26.7 Å². The molecule has 134 valence electrons. The van der Waals surface area contributed by atoms with Crippen molar-refractivity contribution in [2.75, 3.05) is 26.4 Å². The summed E-state index contributed by atoms with van der Waals surface area (Å²) in [6.07, 6.45) is 2.07. The highest BCUT2D eigenvalue weighted by Crippen LogP contribution is 2.32. The van der Waals surface area contributed by atoms with Gasteiger partial charge in [-0.3, -0.25) is 4.79 Å². The van der Waals surface area contributed by atoms with Crippen molar-refractivity contribution in [3.8, 4) is 17.0 Å². The van der Waals surface area contributed by atoms with Crippen LogP contribution in [0.1, 0.15) is 35.8 Å².